The fourth-order valence-electron chi connectivity index (χ4n) is 3.40. The van der Waals surface area contributed by atoms with Crippen molar-refractivity contribution in [3.8, 4) is 0 Å². The number of guanidine groups is 1. The summed E-state index contributed by atoms with van der Waals surface area (Å²) in [6, 6.07) is 9.16. The smallest absolute Gasteiger partial charge is 0.191 e. The molecule has 0 bridgehead atoms. The minimum Gasteiger partial charge on any atom is -0.364 e. The molecule has 2 N–H and O–H groups in total. The molecule has 0 aromatic heterocycles. The summed E-state index contributed by atoms with van der Waals surface area (Å²) in [7, 11) is 1.84. The van der Waals surface area contributed by atoms with Gasteiger partial charge in [0.2, 0.25) is 0 Å². The molecule has 0 amide bonds. The fraction of sp³-hybridized carbons (Fsp3) is 0.591. The number of rotatable bonds is 10. The Balaban J connectivity index is 0.00000392. The summed E-state index contributed by atoms with van der Waals surface area (Å²) >= 11 is 0. The predicted octanol–water partition coefficient (Wildman–Crippen LogP) is 3.86. The molecule has 6 heteroatoms. The van der Waals surface area contributed by atoms with Gasteiger partial charge in [0, 0.05) is 38.4 Å². The van der Waals surface area contributed by atoms with Crippen LogP contribution in [0.2, 0.25) is 0 Å². The Labute approximate surface area is 188 Å². The average molecular weight is 499 g/mol. The van der Waals surface area contributed by atoms with Crippen molar-refractivity contribution in [2.45, 2.75) is 46.2 Å². The van der Waals surface area contributed by atoms with Crippen LogP contribution in [0.4, 0.5) is 5.69 Å². The second-order valence-electron chi connectivity index (χ2n) is 7.19. The lowest BCUT2D eigenvalue weighted by molar-refractivity contribution is 0.292. The Morgan fingerprint density at radius 1 is 1.21 bits per heavy atom. The van der Waals surface area contributed by atoms with Gasteiger partial charge in [0.25, 0.3) is 0 Å². The van der Waals surface area contributed by atoms with E-state index in [2.05, 4.69) is 82.6 Å². The Morgan fingerprint density at radius 2 is 1.93 bits per heavy atom. The minimum atomic E-state index is 0. The zero-order valence-corrected chi connectivity index (χ0v) is 20.3. The first-order chi connectivity index (χ1) is 13.2. The maximum absolute atomic E-state index is 4.38. The highest BCUT2D eigenvalue weighted by Crippen LogP contribution is 2.18. The van der Waals surface area contributed by atoms with Gasteiger partial charge in [0.1, 0.15) is 0 Å². The van der Waals surface area contributed by atoms with Crippen LogP contribution < -0.4 is 15.5 Å². The van der Waals surface area contributed by atoms with Crippen LogP contribution in [-0.2, 0) is 6.54 Å². The van der Waals surface area contributed by atoms with Gasteiger partial charge in [-0.2, -0.15) is 0 Å². The van der Waals surface area contributed by atoms with Crippen LogP contribution >= 0.6 is 24.0 Å². The molecule has 0 saturated heterocycles. The largest absolute Gasteiger partial charge is 0.364 e. The maximum atomic E-state index is 4.38. The molecule has 1 unspecified atom stereocenters. The second kappa shape index (κ2) is 13.8. The molecule has 28 heavy (non-hydrogen) atoms. The van der Waals surface area contributed by atoms with E-state index in [0.717, 1.165) is 45.1 Å². The standard InChI is InChI=1S/C22H37N5.HI/c1-5-26(6-2)14-10-11-19(3)25-22(23-4)24-18-20-12-9-13-21(17-20)27-15-7-8-16-27;/h7-9,12-13,17,19H,5-6,10-11,14-16,18H2,1-4H3,(H2,23,24,25);1H. The molecule has 1 aliphatic heterocycles. The van der Waals surface area contributed by atoms with Crippen molar-refractivity contribution in [2.75, 3.05) is 44.7 Å². The van der Waals surface area contributed by atoms with Gasteiger partial charge in [-0.15, -0.1) is 24.0 Å². The first-order valence-electron chi connectivity index (χ1n) is 10.3. The molecule has 2 rings (SSSR count). The monoisotopic (exact) mass is 499 g/mol. The molecule has 0 aliphatic carbocycles. The molecule has 0 saturated carbocycles. The molecule has 0 fully saturated rings. The summed E-state index contributed by atoms with van der Waals surface area (Å²) in [5.41, 5.74) is 2.56. The Kier molecular flexibility index (Phi) is 12.2. The highest BCUT2D eigenvalue weighted by atomic mass is 127. The second-order valence-corrected chi connectivity index (χ2v) is 7.19. The molecule has 158 valence electrons. The van der Waals surface area contributed by atoms with Crippen LogP contribution in [0.15, 0.2) is 41.4 Å². The number of benzene rings is 1. The van der Waals surface area contributed by atoms with E-state index in [1.807, 2.05) is 7.05 Å². The molecular weight excluding hydrogens is 461 g/mol. The van der Waals surface area contributed by atoms with Gasteiger partial charge in [-0.25, -0.2) is 0 Å². The van der Waals surface area contributed by atoms with Gasteiger partial charge in [0.15, 0.2) is 5.96 Å². The first kappa shape index (κ1) is 24.8. The number of aliphatic imine (C=N–C) groups is 1. The highest BCUT2D eigenvalue weighted by Gasteiger charge is 2.09. The van der Waals surface area contributed by atoms with E-state index >= 15 is 0 Å². The van der Waals surface area contributed by atoms with Crippen molar-refractivity contribution in [1.82, 2.24) is 15.5 Å². The summed E-state index contributed by atoms with van der Waals surface area (Å²) in [4.78, 5) is 9.23. The lowest BCUT2D eigenvalue weighted by Crippen LogP contribution is -2.42. The zero-order chi connectivity index (χ0) is 19.5. The summed E-state index contributed by atoms with van der Waals surface area (Å²) in [5.74, 6) is 0.874. The lowest BCUT2D eigenvalue weighted by Gasteiger charge is -2.21. The van der Waals surface area contributed by atoms with Crippen molar-refractivity contribution >= 4 is 35.6 Å². The van der Waals surface area contributed by atoms with Gasteiger partial charge in [-0.1, -0.05) is 38.1 Å². The van der Waals surface area contributed by atoms with Crippen molar-refractivity contribution < 1.29 is 0 Å². The number of hydrogen-bond donors (Lipinski definition) is 2. The normalized spacial score (nSPS) is 14.9. The minimum absolute atomic E-state index is 0. The Bertz CT molecular complexity index is 605. The molecule has 1 aliphatic rings. The van der Waals surface area contributed by atoms with Crippen molar-refractivity contribution in [2.24, 2.45) is 4.99 Å². The SMILES string of the molecule is CCN(CC)CCCC(C)NC(=NC)NCc1cccc(N2CC=CC2)c1.I. The van der Waals surface area contributed by atoms with Crippen molar-refractivity contribution in [3.05, 3.63) is 42.0 Å². The third-order valence-corrected chi connectivity index (χ3v) is 5.17. The molecule has 5 nitrogen and oxygen atoms in total. The number of halogens is 1. The maximum Gasteiger partial charge on any atom is 0.191 e. The lowest BCUT2D eigenvalue weighted by atomic mass is 10.1. The molecule has 0 radical (unpaired) electrons. The van der Waals surface area contributed by atoms with Crippen LogP contribution in [-0.4, -0.2) is 56.7 Å². The predicted molar refractivity (Wildman–Crippen MR) is 133 cm³/mol. The molecule has 1 aromatic rings. The van der Waals surface area contributed by atoms with E-state index in [0.29, 0.717) is 6.04 Å². The van der Waals surface area contributed by atoms with Crippen LogP contribution in [0.25, 0.3) is 0 Å². The quantitative estimate of drug-likeness (QED) is 0.222. The fourth-order valence-corrected chi connectivity index (χ4v) is 3.40. The number of hydrogen-bond acceptors (Lipinski definition) is 3. The molecule has 1 atom stereocenters. The van der Waals surface area contributed by atoms with Crippen LogP contribution in [0.5, 0.6) is 0 Å². The van der Waals surface area contributed by atoms with Crippen LogP contribution in [0, 0.1) is 0 Å². The average Bonchev–Trinajstić information content (AvgIpc) is 3.23. The molecular formula is C22H38IN5. The number of nitrogens with zero attached hydrogens (tertiary/aromatic N) is 3. The summed E-state index contributed by atoms with van der Waals surface area (Å²) < 4.78 is 0. The van der Waals surface area contributed by atoms with Crippen LogP contribution in [0.1, 0.15) is 39.2 Å². The summed E-state index contributed by atoms with van der Waals surface area (Å²) in [6.07, 6.45) is 6.80. The number of nitrogens with one attached hydrogen (secondary N) is 2. The zero-order valence-electron chi connectivity index (χ0n) is 17.9. The Hall–Kier alpha value is -1.28. The van der Waals surface area contributed by atoms with Gasteiger partial charge in [-0.3, -0.25) is 4.99 Å². The van der Waals surface area contributed by atoms with E-state index in [4.69, 9.17) is 0 Å². The molecule has 1 aromatic carbocycles. The third kappa shape index (κ3) is 8.39. The van der Waals surface area contributed by atoms with Crippen LogP contribution in [0.3, 0.4) is 0 Å². The van der Waals surface area contributed by atoms with E-state index in [-0.39, 0.29) is 24.0 Å². The topological polar surface area (TPSA) is 42.9 Å². The Morgan fingerprint density at radius 3 is 2.57 bits per heavy atom. The van der Waals surface area contributed by atoms with E-state index < -0.39 is 0 Å². The van der Waals surface area contributed by atoms with E-state index in [9.17, 15) is 0 Å². The van der Waals surface area contributed by atoms with Gasteiger partial charge in [0.05, 0.1) is 0 Å². The van der Waals surface area contributed by atoms with E-state index in [1.165, 1.54) is 24.2 Å². The van der Waals surface area contributed by atoms with Crippen molar-refractivity contribution in [1.29, 1.82) is 0 Å². The molecule has 0 spiro atoms. The number of anilines is 1. The summed E-state index contributed by atoms with van der Waals surface area (Å²) in [6.45, 7) is 12.9. The van der Waals surface area contributed by atoms with Gasteiger partial charge < -0.3 is 20.4 Å². The van der Waals surface area contributed by atoms with Crippen molar-refractivity contribution in [3.63, 3.8) is 0 Å². The van der Waals surface area contributed by atoms with Gasteiger partial charge >= 0.3 is 0 Å². The molecule has 1 heterocycles. The third-order valence-electron chi connectivity index (χ3n) is 5.17. The summed E-state index contributed by atoms with van der Waals surface area (Å²) in [5, 5.41) is 6.97. The first-order valence-corrected chi connectivity index (χ1v) is 10.3. The highest BCUT2D eigenvalue weighted by molar-refractivity contribution is 14.0. The van der Waals surface area contributed by atoms with E-state index in [1.54, 1.807) is 0 Å². The van der Waals surface area contributed by atoms with Gasteiger partial charge in [-0.05, 0) is 57.1 Å².